The number of carbonyl (C=O) groups is 3. The summed E-state index contributed by atoms with van der Waals surface area (Å²) in [7, 11) is 5.93. The number of allylic oxidation sites excluding steroid dienone is 28. The molecule has 0 aromatic rings. The van der Waals surface area contributed by atoms with Gasteiger partial charge in [-0.1, -0.05) is 364 Å². The summed E-state index contributed by atoms with van der Waals surface area (Å²) in [5, 5.41) is 11.9. The van der Waals surface area contributed by atoms with E-state index in [2.05, 4.69) is 184 Å². The molecular formula is C92H153NO8. The third-order valence-corrected chi connectivity index (χ3v) is 17.5. The summed E-state index contributed by atoms with van der Waals surface area (Å²) in [6, 6.07) is 0. The molecule has 574 valence electrons. The summed E-state index contributed by atoms with van der Waals surface area (Å²) in [5.41, 5.74) is 0. The van der Waals surface area contributed by atoms with Crippen molar-refractivity contribution in [1.82, 2.24) is 0 Å². The fourth-order valence-corrected chi connectivity index (χ4v) is 11.3. The van der Waals surface area contributed by atoms with Crippen molar-refractivity contribution in [2.24, 2.45) is 0 Å². The quantitative estimate of drug-likeness (QED) is 0.0195. The van der Waals surface area contributed by atoms with Crippen LogP contribution in [-0.2, 0) is 33.3 Å². The van der Waals surface area contributed by atoms with Crippen LogP contribution in [0.25, 0.3) is 0 Å². The predicted molar refractivity (Wildman–Crippen MR) is 435 cm³/mol. The second kappa shape index (κ2) is 80.3. The van der Waals surface area contributed by atoms with Gasteiger partial charge in [-0.25, -0.2) is 0 Å². The Morgan fingerprint density at radius 2 is 0.535 bits per heavy atom. The van der Waals surface area contributed by atoms with E-state index in [1.165, 1.54) is 167 Å². The van der Waals surface area contributed by atoms with Gasteiger partial charge in [0, 0.05) is 12.8 Å². The summed E-state index contributed by atoms with van der Waals surface area (Å²) in [5.74, 6) is -2.28. The number of quaternary nitrogens is 1. The second-order valence-corrected chi connectivity index (χ2v) is 28.3. The second-order valence-electron chi connectivity index (χ2n) is 28.3. The first-order valence-corrected chi connectivity index (χ1v) is 41.3. The zero-order valence-corrected chi connectivity index (χ0v) is 65.7. The molecule has 0 aromatic heterocycles. The van der Waals surface area contributed by atoms with Crippen LogP contribution in [0.4, 0.5) is 0 Å². The lowest BCUT2D eigenvalue weighted by Crippen LogP contribution is -2.44. The Balaban J connectivity index is 4.05. The highest BCUT2D eigenvalue weighted by Crippen LogP contribution is 2.18. The van der Waals surface area contributed by atoms with Gasteiger partial charge in [0.15, 0.2) is 12.4 Å². The van der Waals surface area contributed by atoms with E-state index < -0.39 is 24.3 Å². The molecule has 0 fully saturated rings. The minimum absolute atomic E-state index is 0.142. The van der Waals surface area contributed by atoms with Crippen LogP contribution < -0.4 is 5.11 Å². The summed E-state index contributed by atoms with van der Waals surface area (Å²) >= 11 is 0. The molecule has 2 atom stereocenters. The molecule has 0 saturated heterocycles. The largest absolute Gasteiger partial charge is 0.545 e. The van der Waals surface area contributed by atoms with Gasteiger partial charge in [-0.15, -0.1) is 0 Å². The lowest BCUT2D eigenvalue weighted by atomic mass is 10.0. The highest BCUT2D eigenvalue weighted by Gasteiger charge is 2.22. The van der Waals surface area contributed by atoms with Crippen molar-refractivity contribution in [2.45, 2.75) is 347 Å². The molecular weight excluding hydrogens is 1250 g/mol. The van der Waals surface area contributed by atoms with Gasteiger partial charge in [0.25, 0.3) is 0 Å². The fraction of sp³-hybridized carbons (Fsp3) is 0.663. The maximum atomic E-state index is 13.0. The van der Waals surface area contributed by atoms with Crippen molar-refractivity contribution in [3.05, 3.63) is 170 Å². The molecule has 0 amide bonds. The average Bonchev–Trinajstić information content (AvgIpc) is 1.21. The van der Waals surface area contributed by atoms with Gasteiger partial charge < -0.3 is 33.3 Å². The molecule has 0 aliphatic heterocycles. The van der Waals surface area contributed by atoms with E-state index in [9.17, 15) is 19.5 Å². The highest BCUT2D eigenvalue weighted by molar-refractivity contribution is 5.70. The van der Waals surface area contributed by atoms with Gasteiger partial charge >= 0.3 is 11.9 Å². The van der Waals surface area contributed by atoms with E-state index in [-0.39, 0.29) is 38.6 Å². The Morgan fingerprint density at radius 1 is 0.297 bits per heavy atom. The smallest absolute Gasteiger partial charge is 0.306 e. The topological polar surface area (TPSA) is 111 Å². The number of carboxylic acids is 1. The van der Waals surface area contributed by atoms with Crippen LogP contribution in [0, 0.1) is 0 Å². The first kappa shape index (κ1) is 95.6. The first-order chi connectivity index (χ1) is 49.6. The van der Waals surface area contributed by atoms with E-state index in [1.54, 1.807) is 0 Å². The van der Waals surface area contributed by atoms with Crippen LogP contribution >= 0.6 is 0 Å². The lowest BCUT2D eigenvalue weighted by molar-refractivity contribution is -0.870. The molecule has 0 heterocycles. The fourth-order valence-electron chi connectivity index (χ4n) is 11.3. The minimum Gasteiger partial charge on any atom is -0.545 e. The molecule has 0 aromatic carbocycles. The number of unbranched alkanes of at least 4 members (excludes halogenated alkanes) is 32. The van der Waals surface area contributed by atoms with Gasteiger partial charge in [-0.2, -0.15) is 0 Å². The predicted octanol–water partition coefficient (Wildman–Crippen LogP) is 25.6. The summed E-state index contributed by atoms with van der Waals surface area (Å²) in [4.78, 5) is 37.7. The van der Waals surface area contributed by atoms with Crippen molar-refractivity contribution < 1.29 is 42.9 Å². The molecule has 0 spiro atoms. The molecule has 0 rings (SSSR count). The molecule has 0 aliphatic rings. The molecule has 0 bridgehead atoms. The number of hydrogen-bond donors (Lipinski definition) is 0. The van der Waals surface area contributed by atoms with Gasteiger partial charge in [-0.3, -0.25) is 9.59 Å². The Hall–Kier alpha value is -5.35. The Bertz CT molecular complexity index is 2280. The van der Waals surface area contributed by atoms with Crippen LogP contribution in [-0.4, -0.2) is 82.3 Å². The van der Waals surface area contributed by atoms with E-state index in [1.807, 2.05) is 21.1 Å². The molecule has 0 saturated carbocycles. The average molecular weight is 1400 g/mol. The minimum atomic E-state index is -1.63. The van der Waals surface area contributed by atoms with Gasteiger partial charge in [0.2, 0.25) is 0 Å². The van der Waals surface area contributed by atoms with Gasteiger partial charge in [-0.05, 0) is 128 Å². The summed E-state index contributed by atoms with van der Waals surface area (Å²) in [6.45, 7) is 4.54. The summed E-state index contributed by atoms with van der Waals surface area (Å²) < 4.78 is 22.9. The van der Waals surface area contributed by atoms with Crippen LogP contribution in [0.5, 0.6) is 0 Å². The third kappa shape index (κ3) is 81.8. The van der Waals surface area contributed by atoms with Gasteiger partial charge in [0.1, 0.15) is 13.2 Å². The van der Waals surface area contributed by atoms with Crippen LogP contribution in [0.15, 0.2) is 170 Å². The molecule has 101 heavy (non-hydrogen) atoms. The Kier molecular flexibility index (Phi) is 76.1. The number of hydrogen-bond acceptors (Lipinski definition) is 8. The van der Waals surface area contributed by atoms with Crippen molar-refractivity contribution in [3.63, 3.8) is 0 Å². The van der Waals surface area contributed by atoms with Crippen molar-refractivity contribution in [2.75, 3.05) is 47.5 Å². The van der Waals surface area contributed by atoms with E-state index in [4.69, 9.17) is 18.9 Å². The normalized spacial score (nSPS) is 13.6. The number of esters is 2. The Morgan fingerprint density at radius 3 is 0.792 bits per heavy atom. The zero-order chi connectivity index (χ0) is 73.2. The number of carboxylic acid groups (broad SMARTS) is 1. The number of likely N-dealkylation sites (N-methyl/N-ethyl adjacent to an activating group) is 1. The zero-order valence-electron chi connectivity index (χ0n) is 65.7. The van der Waals surface area contributed by atoms with Crippen LogP contribution in [0.2, 0.25) is 0 Å². The number of nitrogens with zero attached hydrogens (tertiary/aromatic N) is 1. The highest BCUT2D eigenvalue weighted by atomic mass is 16.7. The SMILES string of the molecule is CC/C=C\C/C=C\C/C=C\C/C=C\C/C=C\C/C=C\C/C=C\C/C=C\C/C=C\CCCCCCCCCCCCCC(=O)OC(COC(=O)CCCCCCCCCCCCCCCCCCCCCCC/C=C\C/C=C\C/C=C\C/C=C\C/C=C\CC)COC(OCC[N+](C)(C)C)C(=O)[O-]. The van der Waals surface area contributed by atoms with Crippen molar-refractivity contribution in [3.8, 4) is 0 Å². The molecule has 2 unspecified atom stereocenters. The number of carbonyl (C=O) groups excluding carboxylic acids is 3. The maximum absolute atomic E-state index is 13.0. The van der Waals surface area contributed by atoms with Crippen LogP contribution in [0.3, 0.4) is 0 Å². The molecule has 9 heteroatoms. The molecule has 0 aliphatic carbocycles. The number of aliphatic carboxylic acids is 1. The van der Waals surface area contributed by atoms with Crippen molar-refractivity contribution in [1.29, 1.82) is 0 Å². The number of ether oxygens (including phenoxy) is 4. The van der Waals surface area contributed by atoms with Crippen molar-refractivity contribution >= 4 is 17.9 Å². The van der Waals surface area contributed by atoms with E-state index in [0.29, 0.717) is 17.4 Å². The third-order valence-electron chi connectivity index (χ3n) is 17.5. The number of rotatable bonds is 75. The van der Waals surface area contributed by atoms with E-state index in [0.717, 1.165) is 135 Å². The van der Waals surface area contributed by atoms with E-state index >= 15 is 0 Å². The lowest BCUT2D eigenvalue weighted by Gasteiger charge is -2.26. The van der Waals surface area contributed by atoms with Gasteiger partial charge in [0.05, 0.1) is 40.3 Å². The van der Waals surface area contributed by atoms with Crippen LogP contribution in [0.1, 0.15) is 335 Å². The monoisotopic (exact) mass is 1400 g/mol. The standard InChI is InChI=1S/C92H153NO8/c1-6-8-10-12-14-16-18-20-22-24-26-28-30-32-34-36-38-40-42-44-45-47-49-51-53-55-57-59-61-63-65-67-69-71-73-75-77-79-81-83-90(95)101-88(87-100-92(91(96)97)98-85-84-93(3,4)5)86-99-89(94)82-80-78-76-74-72-70-68-66-64-62-60-58-56-54-52-50-48-46-43-41-39-37-35-33-31-29-27-25-23-21-19-17-15-13-11-9-7-2/h8-11,14-17,20-23,26-29,32-35,38,40,44-45,49,51,55,57,88,92H,6-7,12-13,18-19,24-25,30-31,36-37,39,41-43,46-48,50,52-54,56,58-87H2,1-5H3/b10-8-,11-9-,16-14-,17-15-,22-20-,23-21-,28-26-,29-27-,34-32-,35-33-,40-38-,45-44-,51-49-,57-55-. The summed E-state index contributed by atoms with van der Waals surface area (Å²) in [6.07, 6.45) is 118. The Labute approximate surface area is 622 Å². The first-order valence-electron chi connectivity index (χ1n) is 41.3. The molecule has 9 nitrogen and oxygen atoms in total. The molecule has 0 radical (unpaired) electrons. The molecule has 0 N–H and O–H groups in total. The maximum Gasteiger partial charge on any atom is 0.306 e.